The van der Waals surface area contributed by atoms with Crippen LogP contribution in [0.2, 0.25) is 0 Å². The average Bonchev–Trinajstić information content (AvgIpc) is 2.98. The van der Waals surface area contributed by atoms with Gasteiger partial charge in [0.2, 0.25) is 10.0 Å². The summed E-state index contributed by atoms with van der Waals surface area (Å²) >= 11 is 0. The lowest BCUT2D eigenvalue weighted by molar-refractivity contribution is 0.201. The second kappa shape index (κ2) is 5.85. The molecule has 0 bridgehead atoms. The van der Waals surface area contributed by atoms with Crippen molar-refractivity contribution in [1.29, 1.82) is 0 Å². The summed E-state index contributed by atoms with van der Waals surface area (Å²) in [6.07, 6.45) is 5.15. The molecule has 5 nitrogen and oxygen atoms in total. The standard InChI is InChI=1S/C15H22N2O3S/c1-2-12-10-16-14-9-13(7-8-15(14)20-12)21(18,19)17-11-5-3-4-6-11/h7-9,11-12,16-17H,2-6,10H2,1H3. The first kappa shape index (κ1) is 14.7. The minimum atomic E-state index is -3.44. The second-order valence-electron chi connectivity index (χ2n) is 5.79. The van der Waals surface area contributed by atoms with Crippen molar-refractivity contribution in [3.63, 3.8) is 0 Å². The summed E-state index contributed by atoms with van der Waals surface area (Å²) in [6, 6.07) is 5.11. The van der Waals surface area contributed by atoms with E-state index in [0.717, 1.165) is 43.5 Å². The van der Waals surface area contributed by atoms with E-state index in [-0.39, 0.29) is 12.1 Å². The van der Waals surface area contributed by atoms with E-state index in [2.05, 4.69) is 17.0 Å². The van der Waals surface area contributed by atoms with Crippen molar-refractivity contribution in [2.24, 2.45) is 0 Å². The van der Waals surface area contributed by atoms with Crippen LogP contribution in [0.1, 0.15) is 39.0 Å². The molecule has 0 spiro atoms. The molecular formula is C15H22N2O3S. The zero-order chi connectivity index (χ0) is 14.9. The molecule has 0 aromatic heterocycles. The summed E-state index contributed by atoms with van der Waals surface area (Å²) in [5.74, 6) is 0.730. The highest BCUT2D eigenvalue weighted by molar-refractivity contribution is 7.89. The van der Waals surface area contributed by atoms with Gasteiger partial charge in [-0.15, -0.1) is 0 Å². The first-order valence-corrected chi connectivity index (χ1v) is 9.13. The first-order valence-electron chi connectivity index (χ1n) is 7.65. The highest BCUT2D eigenvalue weighted by Gasteiger charge is 2.25. The van der Waals surface area contributed by atoms with E-state index in [0.29, 0.717) is 11.4 Å². The van der Waals surface area contributed by atoms with Gasteiger partial charge in [-0.3, -0.25) is 0 Å². The molecule has 3 rings (SSSR count). The molecule has 116 valence electrons. The van der Waals surface area contributed by atoms with Crippen LogP contribution in [0.5, 0.6) is 5.75 Å². The summed E-state index contributed by atoms with van der Waals surface area (Å²) in [5, 5.41) is 3.25. The Balaban J connectivity index is 1.80. The molecule has 2 aliphatic rings. The SMILES string of the molecule is CCC1CNc2cc(S(=O)(=O)NC3CCCC3)ccc2O1. The second-order valence-corrected chi connectivity index (χ2v) is 7.50. The highest BCUT2D eigenvalue weighted by atomic mass is 32.2. The Morgan fingerprint density at radius 2 is 2.10 bits per heavy atom. The molecule has 1 atom stereocenters. The summed E-state index contributed by atoms with van der Waals surface area (Å²) in [7, 11) is -3.44. The average molecular weight is 310 g/mol. The molecule has 6 heteroatoms. The van der Waals surface area contributed by atoms with Crippen molar-refractivity contribution in [2.45, 2.75) is 56.1 Å². The molecule has 0 radical (unpaired) electrons. The van der Waals surface area contributed by atoms with Crippen molar-refractivity contribution >= 4 is 15.7 Å². The Morgan fingerprint density at radius 1 is 1.33 bits per heavy atom. The summed E-state index contributed by atoms with van der Waals surface area (Å²) in [6.45, 7) is 2.78. The molecule has 0 saturated heterocycles. The van der Waals surface area contributed by atoms with Gasteiger partial charge in [0.25, 0.3) is 0 Å². The molecule has 1 heterocycles. The number of hydrogen-bond acceptors (Lipinski definition) is 4. The lowest BCUT2D eigenvalue weighted by Crippen LogP contribution is -2.33. The topological polar surface area (TPSA) is 67.4 Å². The summed E-state index contributed by atoms with van der Waals surface area (Å²) < 4.78 is 33.4. The van der Waals surface area contributed by atoms with Gasteiger partial charge in [-0.2, -0.15) is 0 Å². The number of fused-ring (bicyclic) bond motifs is 1. The van der Waals surface area contributed by atoms with Crippen LogP contribution in [0.25, 0.3) is 0 Å². The highest BCUT2D eigenvalue weighted by Crippen LogP contribution is 2.32. The quantitative estimate of drug-likeness (QED) is 0.896. The fraction of sp³-hybridized carbons (Fsp3) is 0.600. The summed E-state index contributed by atoms with van der Waals surface area (Å²) in [5.41, 5.74) is 0.758. The van der Waals surface area contributed by atoms with Gasteiger partial charge < -0.3 is 10.1 Å². The van der Waals surface area contributed by atoms with Gasteiger partial charge in [0.1, 0.15) is 11.9 Å². The first-order chi connectivity index (χ1) is 10.1. The Labute approximate surface area is 126 Å². The predicted octanol–water partition coefficient (Wildman–Crippen LogP) is 2.49. The number of benzene rings is 1. The van der Waals surface area contributed by atoms with E-state index in [9.17, 15) is 8.42 Å². The normalized spacial score (nSPS) is 22.4. The van der Waals surface area contributed by atoms with E-state index in [1.165, 1.54) is 0 Å². The van der Waals surface area contributed by atoms with Crippen LogP contribution in [0.3, 0.4) is 0 Å². The fourth-order valence-electron chi connectivity index (χ4n) is 2.92. The third-order valence-electron chi connectivity index (χ3n) is 4.21. The number of ether oxygens (including phenoxy) is 1. The predicted molar refractivity (Wildman–Crippen MR) is 82.2 cm³/mol. The third-order valence-corrected chi connectivity index (χ3v) is 5.73. The zero-order valence-electron chi connectivity index (χ0n) is 12.3. The Hall–Kier alpha value is -1.27. The summed E-state index contributed by atoms with van der Waals surface area (Å²) in [4.78, 5) is 0.305. The van der Waals surface area contributed by atoms with Crippen molar-refractivity contribution in [3.05, 3.63) is 18.2 Å². The minimum absolute atomic E-state index is 0.0831. The lowest BCUT2D eigenvalue weighted by atomic mass is 10.2. The van der Waals surface area contributed by atoms with Gasteiger partial charge in [-0.1, -0.05) is 19.8 Å². The van der Waals surface area contributed by atoms with Crippen molar-refractivity contribution in [3.8, 4) is 5.75 Å². The molecule has 1 unspecified atom stereocenters. The van der Waals surface area contributed by atoms with Crippen molar-refractivity contribution < 1.29 is 13.2 Å². The van der Waals surface area contributed by atoms with E-state index in [1.807, 2.05) is 0 Å². The maximum Gasteiger partial charge on any atom is 0.240 e. The Kier molecular flexibility index (Phi) is 4.08. The fourth-order valence-corrected chi connectivity index (χ4v) is 4.25. The van der Waals surface area contributed by atoms with Gasteiger partial charge in [0, 0.05) is 6.04 Å². The van der Waals surface area contributed by atoms with E-state index in [4.69, 9.17) is 4.74 Å². The van der Waals surface area contributed by atoms with Gasteiger partial charge >= 0.3 is 0 Å². The molecule has 1 aliphatic carbocycles. The minimum Gasteiger partial charge on any atom is -0.486 e. The van der Waals surface area contributed by atoms with Gasteiger partial charge in [0.15, 0.2) is 0 Å². The largest absolute Gasteiger partial charge is 0.486 e. The van der Waals surface area contributed by atoms with Gasteiger partial charge in [-0.25, -0.2) is 13.1 Å². The molecule has 21 heavy (non-hydrogen) atoms. The van der Waals surface area contributed by atoms with Crippen LogP contribution < -0.4 is 14.8 Å². The molecular weight excluding hydrogens is 288 g/mol. The van der Waals surface area contributed by atoms with Crippen molar-refractivity contribution in [2.75, 3.05) is 11.9 Å². The molecule has 1 saturated carbocycles. The van der Waals surface area contributed by atoms with Crippen LogP contribution >= 0.6 is 0 Å². The van der Waals surface area contributed by atoms with E-state index in [1.54, 1.807) is 18.2 Å². The zero-order valence-corrected chi connectivity index (χ0v) is 13.1. The van der Waals surface area contributed by atoms with E-state index >= 15 is 0 Å². The van der Waals surface area contributed by atoms with Crippen LogP contribution in [0, 0.1) is 0 Å². The smallest absolute Gasteiger partial charge is 0.240 e. The van der Waals surface area contributed by atoms with Gasteiger partial charge in [-0.05, 0) is 37.5 Å². The molecule has 2 N–H and O–H groups in total. The number of sulfonamides is 1. The monoisotopic (exact) mass is 310 g/mol. The molecule has 1 aromatic rings. The van der Waals surface area contributed by atoms with Crippen molar-refractivity contribution in [1.82, 2.24) is 4.72 Å². The van der Waals surface area contributed by atoms with Crippen LogP contribution in [-0.2, 0) is 10.0 Å². The maximum atomic E-state index is 12.4. The van der Waals surface area contributed by atoms with Crippen LogP contribution in [0.4, 0.5) is 5.69 Å². The van der Waals surface area contributed by atoms with Crippen LogP contribution in [0.15, 0.2) is 23.1 Å². The number of nitrogens with one attached hydrogen (secondary N) is 2. The number of rotatable bonds is 4. The molecule has 1 aliphatic heterocycles. The Morgan fingerprint density at radius 3 is 2.81 bits per heavy atom. The number of anilines is 1. The van der Waals surface area contributed by atoms with E-state index < -0.39 is 10.0 Å². The Bertz CT molecular complexity index is 609. The lowest BCUT2D eigenvalue weighted by Gasteiger charge is -2.27. The number of hydrogen-bond donors (Lipinski definition) is 2. The maximum absolute atomic E-state index is 12.4. The molecule has 1 aromatic carbocycles. The molecule has 1 fully saturated rings. The van der Waals surface area contributed by atoms with Crippen LogP contribution in [-0.4, -0.2) is 27.1 Å². The van der Waals surface area contributed by atoms with Gasteiger partial charge in [0.05, 0.1) is 17.1 Å². The molecule has 0 amide bonds. The third kappa shape index (κ3) is 3.16.